The summed E-state index contributed by atoms with van der Waals surface area (Å²) in [5.74, 6) is 2.33. The molecule has 0 atom stereocenters. The minimum absolute atomic E-state index is 0.731. The van der Waals surface area contributed by atoms with Crippen LogP contribution in [0.5, 0.6) is 17.2 Å². The van der Waals surface area contributed by atoms with Crippen LogP contribution < -0.4 is 14.4 Å². The van der Waals surface area contributed by atoms with E-state index in [1.54, 1.807) is 7.11 Å². The van der Waals surface area contributed by atoms with Gasteiger partial charge in [-0.25, -0.2) is 0 Å². The summed E-state index contributed by atoms with van der Waals surface area (Å²) in [6, 6.07) is 22.1. The highest BCUT2D eigenvalue weighted by molar-refractivity contribution is 6.35. The van der Waals surface area contributed by atoms with Gasteiger partial charge in [-0.15, -0.1) is 0 Å². The molecule has 3 aromatic carbocycles. The molecule has 2 heterocycles. The normalized spacial score (nSPS) is 14.5. The number of para-hydroxylation sites is 5. The molecule has 0 saturated carbocycles. The monoisotopic (exact) mass is 475 g/mol. The third kappa shape index (κ3) is 4.86. The Labute approximate surface area is 205 Å². The highest BCUT2D eigenvalue weighted by Gasteiger charge is 2.20. The Morgan fingerprint density at radius 2 is 1.59 bits per heavy atom. The van der Waals surface area contributed by atoms with Gasteiger partial charge in [0.25, 0.3) is 0 Å². The summed E-state index contributed by atoms with van der Waals surface area (Å²) in [6.07, 6.45) is 4.29. The molecule has 0 bridgehead atoms. The average molecular weight is 476 g/mol. The fourth-order valence-electron chi connectivity index (χ4n) is 4.71. The van der Waals surface area contributed by atoms with Crippen LogP contribution in [-0.2, 0) is 6.42 Å². The Balaban J connectivity index is 1.17. The number of rotatable bonds is 8. The van der Waals surface area contributed by atoms with E-state index in [4.69, 9.17) is 21.1 Å². The topological polar surface area (TPSA) is 40.7 Å². The third-order valence-corrected chi connectivity index (χ3v) is 6.85. The molecule has 0 radical (unpaired) electrons. The number of ether oxygens (including phenoxy) is 2. The molecule has 1 saturated heterocycles. The van der Waals surface area contributed by atoms with Crippen molar-refractivity contribution >= 4 is 28.2 Å². The summed E-state index contributed by atoms with van der Waals surface area (Å²) < 4.78 is 11.7. The molecule has 4 aromatic rings. The molecule has 176 valence electrons. The van der Waals surface area contributed by atoms with E-state index in [1.165, 1.54) is 10.9 Å². The fraction of sp³-hybridized carbons (Fsp3) is 0.286. The summed E-state index contributed by atoms with van der Waals surface area (Å²) in [5, 5.41) is 2.03. The molecular formula is C28H30ClN3O2. The number of methoxy groups -OCH3 is 1. The van der Waals surface area contributed by atoms with Gasteiger partial charge in [-0.2, -0.15) is 0 Å². The smallest absolute Gasteiger partial charge is 0.169 e. The molecule has 5 rings (SSSR count). The number of hydrogen-bond donors (Lipinski definition) is 1. The van der Waals surface area contributed by atoms with E-state index in [-0.39, 0.29) is 0 Å². The number of aromatic amines is 1. The molecule has 1 N–H and O–H groups in total. The lowest BCUT2D eigenvalue weighted by molar-refractivity contribution is 0.254. The van der Waals surface area contributed by atoms with Crippen molar-refractivity contribution in [3.05, 3.63) is 83.5 Å². The summed E-state index contributed by atoms with van der Waals surface area (Å²) in [4.78, 5) is 8.30. The second-order valence-corrected chi connectivity index (χ2v) is 9.04. The molecule has 0 spiro atoms. The molecule has 0 amide bonds. The Bertz CT molecular complexity index is 1250. The van der Waals surface area contributed by atoms with E-state index >= 15 is 0 Å². The van der Waals surface area contributed by atoms with E-state index in [0.717, 1.165) is 79.0 Å². The van der Waals surface area contributed by atoms with E-state index in [9.17, 15) is 0 Å². The van der Waals surface area contributed by atoms with Gasteiger partial charge >= 0.3 is 0 Å². The minimum Gasteiger partial charge on any atom is -0.493 e. The molecule has 0 aliphatic carbocycles. The van der Waals surface area contributed by atoms with Crippen molar-refractivity contribution in [1.29, 1.82) is 0 Å². The number of fused-ring (bicyclic) bond motifs is 1. The lowest BCUT2D eigenvalue weighted by atomic mass is 10.1. The van der Waals surface area contributed by atoms with E-state index in [0.29, 0.717) is 0 Å². The van der Waals surface area contributed by atoms with E-state index < -0.39 is 0 Å². The fourth-order valence-corrected chi connectivity index (χ4v) is 4.94. The highest BCUT2D eigenvalue weighted by Crippen LogP contribution is 2.36. The van der Waals surface area contributed by atoms with Crippen molar-refractivity contribution in [1.82, 2.24) is 9.88 Å². The first-order valence-electron chi connectivity index (χ1n) is 11.8. The zero-order valence-electron chi connectivity index (χ0n) is 19.5. The van der Waals surface area contributed by atoms with Gasteiger partial charge in [0.15, 0.2) is 17.2 Å². The Hall–Kier alpha value is -3.15. The van der Waals surface area contributed by atoms with Crippen LogP contribution in [0.2, 0.25) is 5.02 Å². The number of H-pyrrole nitrogens is 1. The number of aryl methyl sites for hydroxylation is 1. The molecule has 1 aliphatic heterocycles. The van der Waals surface area contributed by atoms with Gasteiger partial charge in [-0.1, -0.05) is 48.0 Å². The van der Waals surface area contributed by atoms with Gasteiger partial charge in [0, 0.05) is 37.8 Å². The van der Waals surface area contributed by atoms with Crippen LogP contribution in [0.4, 0.5) is 5.69 Å². The summed E-state index contributed by atoms with van der Waals surface area (Å²) in [6.45, 7) is 5.15. The van der Waals surface area contributed by atoms with E-state index in [1.807, 2.05) is 48.5 Å². The molecule has 1 fully saturated rings. The van der Waals surface area contributed by atoms with Crippen molar-refractivity contribution in [2.24, 2.45) is 0 Å². The molecule has 5 nitrogen and oxygen atoms in total. The zero-order chi connectivity index (χ0) is 23.3. The number of nitrogens with zero attached hydrogens (tertiary/aromatic N) is 2. The molecular weight excluding hydrogens is 446 g/mol. The van der Waals surface area contributed by atoms with Crippen molar-refractivity contribution in [3.63, 3.8) is 0 Å². The number of nitrogens with one attached hydrogen (secondary N) is 1. The largest absolute Gasteiger partial charge is 0.493 e. The van der Waals surface area contributed by atoms with Gasteiger partial charge in [-0.05, 0) is 55.3 Å². The molecule has 1 aliphatic rings. The number of benzene rings is 3. The first-order chi connectivity index (χ1) is 16.7. The van der Waals surface area contributed by atoms with Crippen LogP contribution in [0.15, 0.2) is 72.9 Å². The van der Waals surface area contributed by atoms with Crippen molar-refractivity contribution in [3.8, 4) is 17.2 Å². The first kappa shape index (κ1) is 22.6. The van der Waals surface area contributed by atoms with E-state index in [2.05, 4.69) is 39.2 Å². The number of hydrogen-bond acceptors (Lipinski definition) is 4. The Morgan fingerprint density at radius 3 is 2.38 bits per heavy atom. The average Bonchev–Trinajstić information content (AvgIpc) is 3.30. The number of aromatic nitrogens is 1. The number of piperazine rings is 1. The second-order valence-electron chi connectivity index (χ2n) is 8.63. The van der Waals surface area contributed by atoms with Crippen LogP contribution in [0.25, 0.3) is 10.9 Å². The van der Waals surface area contributed by atoms with Gasteiger partial charge < -0.3 is 19.4 Å². The SMILES string of the molecule is COc1ccccc1Oc1ccccc1N1CCN(CCCc2c[nH]c3c(Cl)cccc23)CC1. The Morgan fingerprint density at radius 1 is 0.853 bits per heavy atom. The Kier molecular flexibility index (Phi) is 6.93. The predicted octanol–water partition coefficient (Wildman–Crippen LogP) is 6.38. The minimum atomic E-state index is 0.731. The summed E-state index contributed by atoms with van der Waals surface area (Å²) in [7, 11) is 1.67. The van der Waals surface area contributed by atoms with Crippen LogP contribution >= 0.6 is 11.6 Å². The highest BCUT2D eigenvalue weighted by atomic mass is 35.5. The lowest BCUT2D eigenvalue weighted by Crippen LogP contribution is -2.46. The van der Waals surface area contributed by atoms with Crippen LogP contribution in [0, 0.1) is 0 Å². The first-order valence-corrected chi connectivity index (χ1v) is 12.2. The molecule has 0 unspecified atom stereocenters. The number of halogens is 1. The van der Waals surface area contributed by atoms with Crippen LogP contribution in [-0.4, -0.2) is 49.7 Å². The van der Waals surface area contributed by atoms with Crippen molar-refractivity contribution < 1.29 is 9.47 Å². The standard InChI is InChI=1S/C28H30ClN3O2/c1-33-26-13-4-5-14-27(26)34-25-12-3-2-11-24(25)32-18-16-31(17-19-32)15-7-8-21-20-30-28-22(21)9-6-10-23(28)29/h2-6,9-14,20,30H,7-8,15-19H2,1H3. The van der Waals surface area contributed by atoms with Gasteiger partial charge in [0.05, 0.1) is 23.3 Å². The van der Waals surface area contributed by atoms with Gasteiger partial charge in [-0.3, -0.25) is 4.90 Å². The molecule has 1 aromatic heterocycles. The predicted molar refractivity (Wildman–Crippen MR) is 140 cm³/mol. The quantitative estimate of drug-likeness (QED) is 0.321. The maximum Gasteiger partial charge on any atom is 0.169 e. The third-order valence-electron chi connectivity index (χ3n) is 6.54. The van der Waals surface area contributed by atoms with Crippen molar-refractivity contribution in [2.45, 2.75) is 12.8 Å². The second kappa shape index (κ2) is 10.4. The maximum atomic E-state index is 6.30. The maximum absolute atomic E-state index is 6.30. The van der Waals surface area contributed by atoms with Gasteiger partial charge in [0.2, 0.25) is 0 Å². The number of anilines is 1. The molecule has 6 heteroatoms. The van der Waals surface area contributed by atoms with Crippen LogP contribution in [0.1, 0.15) is 12.0 Å². The zero-order valence-corrected chi connectivity index (χ0v) is 20.2. The van der Waals surface area contributed by atoms with Crippen molar-refractivity contribution in [2.75, 3.05) is 44.7 Å². The van der Waals surface area contributed by atoms with Gasteiger partial charge in [0.1, 0.15) is 0 Å². The molecule has 34 heavy (non-hydrogen) atoms. The summed E-state index contributed by atoms with van der Waals surface area (Å²) in [5.41, 5.74) is 3.52. The summed E-state index contributed by atoms with van der Waals surface area (Å²) >= 11 is 6.30. The van der Waals surface area contributed by atoms with Crippen LogP contribution in [0.3, 0.4) is 0 Å². The lowest BCUT2D eigenvalue weighted by Gasteiger charge is -2.36.